The second-order valence-corrected chi connectivity index (χ2v) is 11.7. The van der Waals surface area contributed by atoms with Crippen LogP contribution in [-0.2, 0) is 11.2 Å². The molecule has 0 radical (unpaired) electrons. The number of ether oxygens (including phenoxy) is 2. The van der Waals surface area contributed by atoms with Crippen molar-refractivity contribution in [3.05, 3.63) is 93.2 Å². The number of likely N-dealkylation sites (tertiary alicyclic amines) is 1. The number of hydrogen-bond donors (Lipinski definition) is 2. The van der Waals surface area contributed by atoms with E-state index in [4.69, 9.17) is 16.0 Å². The topological polar surface area (TPSA) is 79.4 Å². The van der Waals surface area contributed by atoms with Crippen LogP contribution in [0, 0.1) is 12.5 Å². The number of hydrogen-bond acceptors (Lipinski definition) is 6. The van der Waals surface area contributed by atoms with Crippen LogP contribution in [0.15, 0.2) is 65.1 Å². The largest absolute Gasteiger partial charge is 0.479 e. The van der Waals surface area contributed by atoms with Gasteiger partial charge in [0.1, 0.15) is 11.3 Å². The van der Waals surface area contributed by atoms with E-state index in [1.807, 2.05) is 59.5 Å². The molecular formula is C30H28BrF2N3O4. The van der Waals surface area contributed by atoms with E-state index in [0.29, 0.717) is 5.56 Å². The van der Waals surface area contributed by atoms with E-state index in [1.54, 1.807) is 0 Å². The van der Waals surface area contributed by atoms with Crippen molar-refractivity contribution in [2.24, 2.45) is 5.92 Å². The lowest BCUT2D eigenvalue weighted by Crippen LogP contribution is -2.52. The Morgan fingerprint density at radius 2 is 1.82 bits per heavy atom. The number of aromatic nitrogens is 1. The molecule has 3 heterocycles. The second-order valence-electron chi connectivity index (χ2n) is 10.7. The summed E-state index contributed by atoms with van der Waals surface area (Å²) in [5.74, 6) is -3.69. The smallest absolute Gasteiger partial charge is 0.319 e. The fourth-order valence-electron chi connectivity index (χ4n) is 6.89. The third-order valence-electron chi connectivity index (χ3n) is 8.65. The molecule has 208 valence electrons. The molecule has 1 saturated heterocycles. The molecule has 1 aliphatic carbocycles. The van der Waals surface area contributed by atoms with Crippen molar-refractivity contribution in [1.82, 2.24) is 9.88 Å². The van der Waals surface area contributed by atoms with Crippen LogP contribution in [0.4, 0.5) is 14.6 Å². The number of benzene rings is 2. The van der Waals surface area contributed by atoms with E-state index in [9.17, 15) is 19.0 Å². The van der Waals surface area contributed by atoms with Gasteiger partial charge in [-0.3, -0.25) is 0 Å². The highest BCUT2D eigenvalue weighted by Gasteiger charge is 2.77. The number of rotatable bonds is 5. The fourth-order valence-corrected chi connectivity index (χ4v) is 7.15. The Bertz CT molecular complexity index is 1460. The number of nitrogens with zero attached hydrogens (tertiary/aromatic N) is 3. The van der Waals surface area contributed by atoms with Crippen molar-refractivity contribution in [2.75, 3.05) is 26.7 Å². The summed E-state index contributed by atoms with van der Waals surface area (Å²) in [6.45, 7) is 8.14. The van der Waals surface area contributed by atoms with E-state index in [2.05, 4.69) is 25.8 Å². The van der Waals surface area contributed by atoms with Crippen molar-refractivity contribution in [2.45, 2.75) is 42.0 Å². The molecular weight excluding hydrogens is 584 g/mol. The van der Waals surface area contributed by atoms with Gasteiger partial charge in [0, 0.05) is 54.9 Å². The lowest BCUT2D eigenvalue weighted by Gasteiger charge is -2.41. The van der Waals surface area contributed by atoms with Crippen LogP contribution in [0.5, 0.6) is 11.6 Å². The third kappa shape index (κ3) is 3.94. The summed E-state index contributed by atoms with van der Waals surface area (Å²) in [4.78, 5) is 9.66. The molecule has 2 fully saturated rings. The summed E-state index contributed by atoms with van der Waals surface area (Å²) in [7, 11) is 1.39. The number of aliphatic hydroxyl groups excluding tert-OH is 1. The first kappa shape index (κ1) is 27.1. The van der Waals surface area contributed by atoms with E-state index in [0.717, 1.165) is 10.0 Å². The zero-order valence-electron chi connectivity index (χ0n) is 21.7. The summed E-state index contributed by atoms with van der Waals surface area (Å²) < 4.78 is 41.2. The van der Waals surface area contributed by atoms with Gasteiger partial charge >= 0.3 is 5.88 Å². The van der Waals surface area contributed by atoms with Crippen LogP contribution < -0.4 is 9.47 Å². The monoisotopic (exact) mass is 611 g/mol. The Morgan fingerprint density at radius 3 is 2.45 bits per heavy atom. The maximum absolute atomic E-state index is 14.0. The number of halogens is 3. The van der Waals surface area contributed by atoms with Crippen molar-refractivity contribution in [1.29, 1.82) is 0 Å². The molecule has 0 amide bonds. The van der Waals surface area contributed by atoms with E-state index in [1.165, 1.54) is 13.2 Å². The molecule has 5 atom stereocenters. The molecule has 7 nitrogen and oxygen atoms in total. The first-order valence-electron chi connectivity index (χ1n) is 13.1. The summed E-state index contributed by atoms with van der Waals surface area (Å²) in [6.07, 6.45) is -1.91. The highest BCUT2D eigenvalue weighted by Crippen LogP contribution is 2.70. The predicted molar refractivity (Wildman–Crippen MR) is 147 cm³/mol. The maximum Gasteiger partial charge on any atom is 0.319 e. The van der Waals surface area contributed by atoms with Crippen molar-refractivity contribution in [3.63, 3.8) is 0 Å². The average Bonchev–Trinajstić information content (AvgIpc) is 3.32. The number of methoxy groups -OCH3 is 1. The molecule has 2 N–H and O–H groups in total. The molecule has 2 aromatic carbocycles. The maximum atomic E-state index is 14.0. The molecule has 1 aromatic heterocycles. The van der Waals surface area contributed by atoms with Crippen LogP contribution in [0.3, 0.4) is 0 Å². The molecule has 2 aliphatic heterocycles. The van der Waals surface area contributed by atoms with Crippen LogP contribution >= 0.6 is 15.9 Å². The zero-order valence-corrected chi connectivity index (χ0v) is 23.3. The zero-order chi connectivity index (χ0) is 28.3. The minimum atomic E-state index is -2.71. The van der Waals surface area contributed by atoms with Gasteiger partial charge in [0.25, 0.3) is 11.7 Å². The minimum absolute atomic E-state index is 0.00545. The third-order valence-corrected chi connectivity index (χ3v) is 9.18. The van der Waals surface area contributed by atoms with Gasteiger partial charge < -0.3 is 29.4 Å². The van der Waals surface area contributed by atoms with Gasteiger partial charge in [0.15, 0.2) is 11.2 Å². The minimum Gasteiger partial charge on any atom is -0.479 e. The Morgan fingerprint density at radius 1 is 1.15 bits per heavy atom. The van der Waals surface area contributed by atoms with Gasteiger partial charge in [0.05, 0.1) is 13.2 Å². The summed E-state index contributed by atoms with van der Waals surface area (Å²) in [5.41, 5.74) is -1.98. The standard InChI is InChI=1S/C30H28BrF2N3O4/c1-34-23-16-22-25(27(35-23)39-2)29(38)26(37)21(17-36-14-12-28(32,33)13-15-36)24(18-6-4-3-5-7-18)30(29,40-22)19-8-10-20(31)11-9-19/h3-11,16,21,24,26,37-38H,12-15,17H2,2H3/t21-,24-,26-,29+,30+/m1/s1. The van der Waals surface area contributed by atoms with Gasteiger partial charge in [-0.05, 0) is 23.3 Å². The average molecular weight is 612 g/mol. The van der Waals surface area contributed by atoms with Crippen LogP contribution in [0.2, 0.25) is 0 Å². The van der Waals surface area contributed by atoms with E-state index in [-0.39, 0.29) is 55.5 Å². The van der Waals surface area contributed by atoms with Crippen molar-refractivity contribution >= 4 is 21.7 Å². The number of piperidine rings is 1. The first-order valence-corrected chi connectivity index (χ1v) is 13.9. The quantitative estimate of drug-likeness (QED) is 0.377. The Kier molecular flexibility index (Phi) is 6.62. The van der Waals surface area contributed by atoms with Gasteiger partial charge in [-0.25, -0.2) is 8.78 Å². The molecule has 0 unspecified atom stereocenters. The fraction of sp³-hybridized carbons (Fsp3) is 0.400. The summed E-state index contributed by atoms with van der Waals surface area (Å²) >= 11 is 3.48. The van der Waals surface area contributed by atoms with Crippen LogP contribution in [0.25, 0.3) is 4.85 Å². The molecule has 6 rings (SSSR count). The Labute approximate surface area is 239 Å². The van der Waals surface area contributed by atoms with Crippen LogP contribution in [-0.4, -0.2) is 58.9 Å². The molecule has 3 aromatic rings. The number of alkyl halides is 2. The lowest BCUT2D eigenvalue weighted by molar-refractivity contribution is -0.152. The first-order chi connectivity index (χ1) is 19.1. The summed E-state index contributed by atoms with van der Waals surface area (Å²) in [5, 5.41) is 25.1. The molecule has 0 spiro atoms. The number of pyridine rings is 1. The highest BCUT2D eigenvalue weighted by molar-refractivity contribution is 9.10. The van der Waals surface area contributed by atoms with E-state index >= 15 is 0 Å². The van der Waals surface area contributed by atoms with Crippen molar-refractivity contribution in [3.8, 4) is 11.6 Å². The molecule has 40 heavy (non-hydrogen) atoms. The molecule has 0 bridgehead atoms. The van der Waals surface area contributed by atoms with Gasteiger partial charge in [0.2, 0.25) is 0 Å². The number of aliphatic hydroxyl groups is 2. The van der Waals surface area contributed by atoms with E-state index < -0.39 is 35.1 Å². The predicted octanol–water partition coefficient (Wildman–Crippen LogP) is 5.38. The lowest BCUT2D eigenvalue weighted by atomic mass is 9.71. The summed E-state index contributed by atoms with van der Waals surface area (Å²) in [6, 6.07) is 18.3. The van der Waals surface area contributed by atoms with Crippen LogP contribution in [0.1, 0.15) is 35.4 Å². The van der Waals surface area contributed by atoms with Crippen molar-refractivity contribution < 1.29 is 28.5 Å². The Balaban J connectivity index is 1.59. The Hall–Kier alpha value is -3.10. The number of fused-ring (bicyclic) bond motifs is 3. The molecule has 10 heteroatoms. The van der Waals surface area contributed by atoms with Gasteiger partial charge in [-0.1, -0.05) is 70.0 Å². The highest BCUT2D eigenvalue weighted by atomic mass is 79.9. The second kappa shape index (κ2) is 9.77. The molecule has 1 saturated carbocycles. The van der Waals surface area contributed by atoms with Gasteiger partial charge in [-0.2, -0.15) is 0 Å². The normalized spacial score (nSPS) is 30.7. The molecule has 3 aliphatic rings. The van der Waals surface area contributed by atoms with Gasteiger partial charge in [-0.15, -0.1) is 0 Å². The SMILES string of the molecule is [C-]#[N+]c1cc2c(c(OC)n1)[C@]1(O)[C@H](O)[C@H](CN3CCC(F)(F)CC3)[C@@H](c3ccccc3)[C@]1(c1ccc(Br)cc1)O2.